The second kappa shape index (κ2) is 6.86. The molecular weight excluding hydrogens is 252 g/mol. The minimum absolute atomic E-state index is 0.0321. The molecule has 1 aromatic carbocycles. The summed E-state index contributed by atoms with van der Waals surface area (Å²) in [6.45, 7) is 3.50. The maximum absolute atomic E-state index is 11.0. The number of hydrogen-bond acceptors (Lipinski definition) is 3. The average Bonchev–Trinajstić information content (AvgIpc) is 2.91. The summed E-state index contributed by atoms with van der Waals surface area (Å²) < 4.78 is 0. The predicted octanol–water partition coefficient (Wildman–Crippen LogP) is 2.60. The first-order valence-corrected chi connectivity index (χ1v) is 7.38. The molecule has 0 bridgehead atoms. The molecular formula is C16H24N2O2. The Morgan fingerprint density at radius 3 is 2.40 bits per heavy atom. The van der Waals surface area contributed by atoms with E-state index in [-0.39, 0.29) is 11.9 Å². The van der Waals surface area contributed by atoms with Crippen LogP contribution in [0.25, 0.3) is 0 Å². The van der Waals surface area contributed by atoms with Crippen molar-refractivity contribution in [1.29, 1.82) is 0 Å². The summed E-state index contributed by atoms with van der Waals surface area (Å²) >= 11 is 0. The van der Waals surface area contributed by atoms with Gasteiger partial charge in [-0.3, -0.25) is 4.79 Å². The highest BCUT2D eigenvalue weighted by Crippen LogP contribution is 2.23. The van der Waals surface area contributed by atoms with Crippen molar-refractivity contribution in [3.63, 3.8) is 0 Å². The van der Waals surface area contributed by atoms with Crippen molar-refractivity contribution in [1.82, 2.24) is 5.32 Å². The van der Waals surface area contributed by atoms with E-state index in [9.17, 15) is 9.90 Å². The molecule has 0 aliphatic heterocycles. The monoisotopic (exact) mass is 276 g/mol. The van der Waals surface area contributed by atoms with Crippen LogP contribution in [0, 0.1) is 0 Å². The topological polar surface area (TPSA) is 61.4 Å². The zero-order chi connectivity index (χ0) is 14.5. The number of benzene rings is 1. The van der Waals surface area contributed by atoms with Crippen molar-refractivity contribution in [2.45, 2.75) is 57.7 Å². The van der Waals surface area contributed by atoms with Gasteiger partial charge in [0.15, 0.2) is 0 Å². The highest BCUT2D eigenvalue weighted by molar-refractivity contribution is 5.88. The third kappa shape index (κ3) is 4.05. The van der Waals surface area contributed by atoms with Gasteiger partial charge in [-0.05, 0) is 37.5 Å². The first kappa shape index (κ1) is 15.0. The van der Waals surface area contributed by atoms with E-state index in [0.29, 0.717) is 6.04 Å². The number of nitrogens with one attached hydrogen (secondary N) is 2. The Bertz CT molecular complexity index is 438. The first-order chi connectivity index (χ1) is 9.56. The normalized spacial score (nSPS) is 18.8. The molecule has 110 valence electrons. The lowest BCUT2D eigenvalue weighted by Gasteiger charge is -2.24. The quantitative estimate of drug-likeness (QED) is 0.774. The summed E-state index contributed by atoms with van der Waals surface area (Å²) in [6.07, 6.45) is 4.46. The van der Waals surface area contributed by atoms with Crippen molar-refractivity contribution in [3.05, 3.63) is 29.8 Å². The lowest BCUT2D eigenvalue weighted by atomic mass is 10.0. The molecule has 20 heavy (non-hydrogen) atoms. The molecule has 1 fully saturated rings. The van der Waals surface area contributed by atoms with Crippen LogP contribution >= 0.6 is 0 Å². The number of aliphatic hydroxyl groups is 1. The average molecular weight is 276 g/mol. The molecule has 3 N–H and O–H groups in total. The van der Waals surface area contributed by atoms with E-state index in [1.807, 2.05) is 31.2 Å². The number of carbonyl (C=O) groups is 1. The van der Waals surface area contributed by atoms with Gasteiger partial charge in [0.2, 0.25) is 5.91 Å². The van der Waals surface area contributed by atoms with Gasteiger partial charge < -0.3 is 15.7 Å². The van der Waals surface area contributed by atoms with Crippen LogP contribution in [-0.4, -0.2) is 23.1 Å². The lowest BCUT2D eigenvalue weighted by Crippen LogP contribution is -2.38. The highest BCUT2D eigenvalue weighted by atomic mass is 16.3. The second-order valence-electron chi connectivity index (χ2n) is 5.68. The van der Waals surface area contributed by atoms with E-state index >= 15 is 0 Å². The minimum Gasteiger partial charge on any atom is -0.387 e. The molecule has 4 heteroatoms. The summed E-state index contributed by atoms with van der Waals surface area (Å²) in [5.74, 6) is -0.0884. The van der Waals surface area contributed by atoms with Gasteiger partial charge in [-0.15, -0.1) is 0 Å². The molecule has 0 aromatic heterocycles. The van der Waals surface area contributed by atoms with Crippen LogP contribution in [0.2, 0.25) is 0 Å². The largest absolute Gasteiger partial charge is 0.387 e. The fourth-order valence-corrected chi connectivity index (χ4v) is 2.81. The van der Waals surface area contributed by atoms with Crippen molar-refractivity contribution in [2.24, 2.45) is 0 Å². The Morgan fingerprint density at radius 1 is 1.25 bits per heavy atom. The molecule has 0 spiro atoms. The molecule has 2 rings (SSSR count). The van der Waals surface area contributed by atoms with Gasteiger partial charge in [-0.1, -0.05) is 25.0 Å². The Morgan fingerprint density at radius 2 is 1.85 bits per heavy atom. The van der Waals surface area contributed by atoms with Gasteiger partial charge in [0.25, 0.3) is 0 Å². The van der Waals surface area contributed by atoms with E-state index in [2.05, 4.69) is 10.6 Å². The zero-order valence-corrected chi connectivity index (χ0v) is 12.2. The maximum Gasteiger partial charge on any atom is 0.221 e. The maximum atomic E-state index is 11.0. The highest BCUT2D eigenvalue weighted by Gasteiger charge is 2.22. The molecule has 0 heterocycles. The number of anilines is 1. The fraction of sp³-hybridized carbons (Fsp3) is 0.562. The van der Waals surface area contributed by atoms with Gasteiger partial charge in [0.1, 0.15) is 0 Å². The molecule has 1 aliphatic rings. The standard InChI is InChI=1S/C16H24N2O2/c1-11(17-14-5-3-4-6-14)16(20)13-7-9-15(10-8-13)18-12(2)19/h7-11,14,16-17,20H,3-6H2,1-2H3,(H,18,19). The number of aliphatic hydroxyl groups excluding tert-OH is 1. The van der Waals surface area contributed by atoms with Crippen molar-refractivity contribution in [2.75, 3.05) is 5.32 Å². The zero-order valence-electron chi connectivity index (χ0n) is 12.2. The van der Waals surface area contributed by atoms with Crippen LogP contribution in [-0.2, 0) is 4.79 Å². The van der Waals surface area contributed by atoms with Crippen LogP contribution in [0.1, 0.15) is 51.2 Å². The summed E-state index contributed by atoms with van der Waals surface area (Å²) in [4.78, 5) is 11.0. The summed E-state index contributed by atoms with van der Waals surface area (Å²) in [5, 5.41) is 16.6. The second-order valence-corrected chi connectivity index (χ2v) is 5.68. The van der Waals surface area contributed by atoms with E-state index < -0.39 is 6.10 Å². The molecule has 4 nitrogen and oxygen atoms in total. The van der Waals surface area contributed by atoms with E-state index in [4.69, 9.17) is 0 Å². The molecule has 1 saturated carbocycles. The van der Waals surface area contributed by atoms with E-state index in [1.165, 1.54) is 32.6 Å². The Labute approximate surface area is 120 Å². The van der Waals surface area contributed by atoms with Gasteiger partial charge in [0, 0.05) is 24.7 Å². The van der Waals surface area contributed by atoms with E-state index in [1.54, 1.807) is 0 Å². The molecule has 1 aliphatic carbocycles. The smallest absolute Gasteiger partial charge is 0.221 e. The lowest BCUT2D eigenvalue weighted by molar-refractivity contribution is -0.114. The first-order valence-electron chi connectivity index (χ1n) is 7.38. The minimum atomic E-state index is -0.526. The Balaban J connectivity index is 1.93. The predicted molar refractivity (Wildman–Crippen MR) is 80.6 cm³/mol. The molecule has 0 saturated heterocycles. The van der Waals surface area contributed by atoms with Crippen molar-refractivity contribution < 1.29 is 9.90 Å². The number of rotatable bonds is 5. The van der Waals surface area contributed by atoms with Crippen LogP contribution in [0.4, 0.5) is 5.69 Å². The third-order valence-corrected chi connectivity index (χ3v) is 3.90. The van der Waals surface area contributed by atoms with Crippen molar-refractivity contribution in [3.8, 4) is 0 Å². The van der Waals surface area contributed by atoms with Crippen LogP contribution in [0.15, 0.2) is 24.3 Å². The van der Waals surface area contributed by atoms with Crippen LogP contribution in [0.5, 0.6) is 0 Å². The third-order valence-electron chi connectivity index (χ3n) is 3.90. The summed E-state index contributed by atoms with van der Waals surface area (Å²) in [7, 11) is 0. The Kier molecular flexibility index (Phi) is 5.15. The van der Waals surface area contributed by atoms with Gasteiger partial charge in [-0.25, -0.2) is 0 Å². The van der Waals surface area contributed by atoms with Gasteiger partial charge >= 0.3 is 0 Å². The van der Waals surface area contributed by atoms with E-state index in [0.717, 1.165) is 11.3 Å². The fourth-order valence-electron chi connectivity index (χ4n) is 2.81. The molecule has 2 atom stereocenters. The molecule has 2 unspecified atom stereocenters. The molecule has 1 amide bonds. The number of hydrogen-bond donors (Lipinski definition) is 3. The Hall–Kier alpha value is -1.39. The summed E-state index contributed by atoms with van der Waals surface area (Å²) in [6, 6.07) is 7.94. The summed E-state index contributed by atoms with van der Waals surface area (Å²) in [5.41, 5.74) is 1.63. The molecule has 1 aromatic rings. The SMILES string of the molecule is CC(=O)Nc1ccc(C(O)C(C)NC2CCCC2)cc1. The van der Waals surface area contributed by atoms with Crippen LogP contribution in [0.3, 0.4) is 0 Å². The van der Waals surface area contributed by atoms with Crippen LogP contribution < -0.4 is 10.6 Å². The van der Waals surface area contributed by atoms with Crippen molar-refractivity contribution >= 4 is 11.6 Å². The van der Waals surface area contributed by atoms with Gasteiger partial charge in [-0.2, -0.15) is 0 Å². The number of amides is 1. The van der Waals surface area contributed by atoms with Gasteiger partial charge in [0.05, 0.1) is 6.10 Å². The number of carbonyl (C=O) groups excluding carboxylic acids is 1. The molecule has 0 radical (unpaired) electrons.